The molecule has 0 amide bonds. The third-order valence-electron chi connectivity index (χ3n) is 3.79. The van der Waals surface area contributed by atoms with E-state index in [4.69, 9.17) is 9.47 Å². The molecular formula is C17H25NO3. The number of aryl methyl sites for hydroxylation is 1. The van der Waals surface area contributed by atoms with Crippen LogP contribution in [0.25, 0.3) is 0 Å². The number of ether oxygens (including phenoxy) is 2. The predicted octanol–water partition coefficient (Wildman–Crippen LogP) is 2.65. The Balaban J connectivity index is 1.74. The average Bonchev–Trinajstić information content (AvgIpc) is 2.48. The Morgan fingerprint density at radius 2 is 2.29 bits per heavy atom. The summed E-state index contributed by atoms with van der Waals surface area (Å²) in [5.41, 5.74) is 1.20. The zero-order valence-corrected chi connectivity index (χ0v) is 13.0. The van der Waals surface area contributed by atoms with Crippen molar-refractivity contribution in [2.45, 2.75) is 26.7 Å². The first-order chi connectivity index (χ1) is 10.2. The average molecular weight is 291 g/mol. The van der Waals surface area contributed by atoms with E-state index in [1.807, 2.05) is 25.1 Å². The Hall–Kier alpha value is -1.55. The normalized spacial score (nSPS) is 19.2. The van der Waals surface area contributed by atoms with Crippen molar-refractivity contribution >= 4 is 5.97 Å². The molecule has 0 spiro atoms. The fourth-order valence-electron chi connectivity index (χ4n) is 2.71. The topological polar surface area (TPSA) is 38.8 Å². The van der Waals surface area contributed by atoms with Gasteiger partial charge in [-0.05, 0) is 50.9 Å². The van der Waals surface area contributed by atoms with E-state index in [9.17, 15) is 4.79 Å². The summed E-state index contributed by atoms with van der Waals surface area (Å²) in [7, 11) is 0. The summed E-state index contributed by atoms with van der Waals surface area (Å²) in [6.07, 6.45) is 1.99. The Morgan fingerprint density at radius 3 is 3.05 bits per heavy atom. The fraction of sp³-hybridized carbons (Fsp3) is 0.588. The van der Waals surface area contributed by atoms with E-state index in [0.717, 1.165) is 38.2 Å². The number of hydrogen-bond donors (Lipinski definition) is 0. The molecule has 0 unspecified atom stereocenters. The molecular weight excluding hydrogens is 266 g/mol. The van der Waals surface area contributed by atoms with Gasteiger partial charge in [-0.2, -0.15) is 0 Å². The van der Waals surface area contributed by atoms with Gasteiger partial charge in [-0.25, -0.2) is 0 Å². The summed E-state index contributed by atoms with van der Waals surface area (Å²) >= 11 is 0. The Kier molecular flexibility index (Phi) is 6.05. The van der Waals surface area contributed by atoms with Gasteiger partial charge in [0.05, 0.1) is 12.5 Å². The highest BCUT2D eigenvalue weighted by Gasteiger charge is 2.26. The van der Waals surface area contributed by atoms with Gasteiger partial charge in [0.15, 0.2) is 0 Å². The fourth-order valence-corrected chi connectivity index (χ4v) is 2.71. The van der Waals surface area contributed by atoms with Gasteiger partial charge in [-0.15, -0.1) is 0 Å². The first-order valence-electron chi connectivity index (χ1n) is 7.77. The summed E-state index contributed by atoms with van der Waals surface area (Å²) in [6.45, 7) is 7.70. The molecule has 1 atom stereocenters. The highest BCUT2D eigenvalue weighted by molar-refractivity contribution is 5.72. The molecule has 0 aromatic heterocycles. The second-order valence-electron chi connectivity index (χ2n) is 5.56. The molecule has 2 rings (SSSR count). The SMILES string of the molecule is CCOC(=O)[C@@H]1CCCN(CCOc2cccc(C)c2)C1. The predicted molar refractivity (Wildman–Crippen MR) is 82.5 cm³/mol. The van der Waals surface area contributed by atoms with E-state index in [1.165, 1.54) is 5.56 Å². The molecule has 1 saturated heterocycles. The quantitative estimate of drug-likeness (QED) is 0.755. The number of nitrogens with zero attached hydrogens (tertiary/aromatic N) is 1. The van der Waals surface area contributed by atoms with E-state index in [1.54, 1.807) is 0 Å². The monoisotopic (exact) mass is 291 g/mol. The van der Waals surface area contributed by atoms with Crippen molar-refractivity contribution in [1.29, 1.82) is 0 Å². The van der Waals surface area contributed by atoms with Crippen LogP contribution in [-0.4, -0.2) is 43.7 Å². The van der Waals surface area contributed by atoms with E-state index in [2.05, 4.69) is 17.9 Å². The van der Waals surface area contributed by atoms with E-state index < -0.39 is 0 Å². The Bertz CT molecular complexity index is 461. The standard InChI is InChI=1S/C17H25NO3/c1-3-20-17(19)15-7-5-9-18(13-15)10-11-21-16-8-4-6-14(2)12-16/h4,6,8,12,15H,3,5,7,9-11,13H2,1-2H3/t15-/m1/s1. The number of esters is 1. The van der Waals surface area contributed by atoms with Crippen molar-refractivity contribution in [2.24, 2.45) is 5.92 Å². The molecule has 1 aromatic carbocycles. The molecule has 21 heavy (non-hydrogen) atoms. The molecule has 1 aliphatic heterocycles. The third kappa shape index (κ3) is 5.05. The zero-order valence-electron chi connectivity index (χ0n) is 13.0. The molecule has 116 valence electrons. The van der Waals surface area contributed by atoms with Gasteiger partial charge in [0, 0.05) is 13.1 Å². The van der Waals surface area contributed by atoms with Crippen LogP contribution < -0.4 is 4.74 Å². The highest BCUT2D eigenvalue weighted by atomic mass is 16.5. The molecule has 4 heteroatoms. The van der Waals surface area contributed by atoms with Gasteiger partial charge in [0.2, 0.25) is 0 Å². The maximum atomic E-state index is 11.8. The molecule has 0 radical (unpaired) electrons. The van der Waals surface area contributed by atoms with Crippen LogP contribution in [0.15, 0.2) is 24.3 Å². The van der Waals surface area contributed by atoms with Crippen molar-refractivity contribution in [3.8, 4) is 5.75 Å². The Labute approximate surface area is 127 Å². The first kappa shape index (κ1) is 15.8. The van der Waals surface area contributed by atoms with Crippen LogP contribution in [0.2, 0.25) is 0 Å². The summed E-state index contributed by atoms with van der Waals surface area (Å²) < 4.78 is 10.9. The molecule has 4 nitrogen and oxygen atoms in total. The van der Waals surface area contributed by atoms with Crippen LogP contribution in [0.1, 0.15) is 25.3 Å². The lowest BCUT2D eigenvalue weighted by Crippen LogP contribution is -2.41. The number of carbonyl (C=O) groups is 1. The minimum Gasteiger partial charge on any atom is -0.492 e. The van der Waals surface area contributed by atoms with Crippen LogP contribution >= 0.6 is 0 Å². The highest BCUT2D eigenvalue weighted by Crippen LogP contribution is 2.18. The van der Waals surface area contributed by atoms with Crippen molar-refractivity contribution in [2.75, 3.05) is 32.8 Å². The maximum absolute atomic E-state index is 11.8. The number of hydrogen-bond acceptors (Lipinski definition) is 4. The van der Waals surface area contributed by atoms with Crippen LogP contribution in [0.3, 0.4) is 0 Å². The van der Waals surface area contributed by atoms with Crippen LogP contribution in [0.4, 0.5) is 0 Å². The summed E-state index contributed by atoms with van der Waals surface area (Å²) in [4.78, 5) is 14.1. The van der Waals surface area contributed by atoms with E-state index in [0.29, 0.717) is 13.2 Å². The van der Waals surface area contributed by atoms with Gasteiger partial charge in [-0.3, -0.25) is 9.69 Å². The molecule has 0 saturated carbocycles. The van der Waals surface area contributed by atoms with Crippen LogP contribution in [0, 0.1) is 12.8 Å². The van der Waals surface area contributed by atoms with E-state index in [-0.39, 0.29) is 11.9 Å². The lowest BCUT2D eigenvalue weighted by atomic mass is 9.98. The summed E-state index contributed by atoms with van der Waals surface area (Å²) in [5, 5.41) is 0. The van der Waals surface area contributed by atoms with Crippen molar-refractivity contribution in [3.05, 3.63) is 29.8 Å². The molecule has 1 aromatic rings. The van der Waals surface area contributed by atoms with Gasteiger partial charge in [0.25, 0.3) is 0 Å². The molecule has 1 heterocycles. The molecule has 1 aliphatic rings. The van der Waals surface area contributed by atoms with Gasteiger partial charge in [0.1, 0.15) is 12.4 Å². The second kappa shape index (κ2) is 8.03. The largest absolute Gasteiger partial charge is 0.492 e. The zero-order chi connectivity index (χ0) is 15.1. The number of carbonyl (C=O) groups excluding carboxylic acids is 1. The number of benzene rings is 1. The van der Waals surface area contributed by atoms with Gasteiger partial charge < -0.3 is 9.47 Å². The van der Waals surface area contributed by atoms with Crippen molar-refractivity contribution in [3.63, 3.8) is 0 Å². The number of rotatable bonds is 6. The maximum Gasteiger partial charge on any atom is 0.310 e. The minimum atomic E-state index is -0.0539. The number of piperidine rings is 1. The molecule has 0 aliphatic carbocycles. The lowest BCUT2D eigenvalue weighted by molar-refractivity contribution is -0.150. The molecule has 0 N–H and O–H groups in total. The number of likely N-dealkylation sites (tertiary alicyclic amines) is 1. The smallest absolute Gasteiger partial charge is 0.310 e. The van der Waals surface area contributed by atoms with Gasteiger partial charge >= 0.3 is 5.97 Å². The van der Waals surface area contributed by atoms with E-state index >= 15 is 0 Å². The molecule has 0 bridgehead atoms. The van der Waals surface area contributed by atoms with Gasteiger partial charge in [-0.1, -0.05) is 12.1 Å². The second-order valence-corrected chi connectivity index (χ2v) is 5.56. The van der Waals surface area contributed by atoms with Crippen LogP contribution in [-0.2, 0) is 9.53 Å². The minimum absolute atomic E-state index is 0.0256. The third-order valence-corrected chi connectivity index (χ3v) is 3.79. The summed E-state index contributed by atoms with van der Waals surface area (Å²) in [6, 6.07) is 8.08. The van der Waals surface area contributed by atoms with Crippen molar-refractivity contribution < 1.29 is 14.3 Å². The first-order valence-corrected chi connectivity index (χ1v) is 7.77. The lowest BCUT2D eigenvalue weighted by Gasteiger charge is -2.31. The molecule has 1 fully saturated rings. The Morgan fingerprint density at radius 1 is 1.43 bits per heavy atom. The summed E-state index contributed by atoms with van der Waals surface area (Å²) in [5.74, 6) is 0.883. The van der Waals surface area contributed by atoms with Crippen LogP contribution in [0.5, 0.6) is 5.75 Å². The van der Waals surface area contributed by atoms with Crippen molar-refractivity contribution in [1.82, 2.24) is 4.90 Å².